The number of aromatic hydroxyl groups is 1. The molecule has 1 aromatic rings. The Hall–Kier alpha value is -1.06. The SMILES string of the molecule is CCCCCCCCCCc1ccccc1O.NN. The highest BCUT2D eigenvalue weighted by molar-refractivity contribution is 5.31. The van der Waals surface area contributed by atoms with E-state index in [0.717, 1.165) is 12.0 Å². The van der Waals surface area contributed by atoms with Crippen molar-refractivity contribution in [2.45, 2.75) is 64.7 Å². The van der Waals surface area contributed by atoms with E-state index in [1.807, 2.05) is 18.2 Å². The monoisotopic (exact) mass is 266 g/mol. The van der Waals surface area contributed by atoms with Crippen LogP contribution in [0.3, 0.4) is 0 Å². The maximum absolute atomic E-state index is 9.61. The van der Waals surface area contributed by atoms with Crippen LogP contribution in [-0.4, -0.2) is 5.11 Å². The smallest absolute Gasteiger partial charge is 0.118 e. The van der Waals surface area contributed by atoms with Crippen LogP contribution in [0.2, 0.25) is 0 Å². The van der Waals surface area contributed by atoms with E-state index in [0.29, 0.717) is 5.75 Å². The van der Waals surface area contributed by atoms with E-state index in [9.17, 15) is 5.11 Å². The molecule has 1 rings (SSSR count). The van der Waals surface area contributed by atoms with Gasteiger partial charge in [-0.05, 0) is 24.5 Å². The molecule has 0 aliphatic heterocycles. The van der Waals surface area contributed by atoms with Crippen LogP contribution in [-0.2, 0) is 6.42 Å². The fourth-order valence-electron chi connectivity index (χ4n) is 2.17. The summed E-state index contributed by atoms with van der Waals surface area (Å²) in [7, 11) is 0. The van der Waals surface area contributed by atoms with Crippen molar-refractivity contribution in [1.82, 2.24) is 0 Å². The second kappa shape index (κ2) is 13.4. The largest absolute Gasteiger partial charge is 0.508 e. The number of hydrazine groups is 1. The number of benzene rings is 1. The topological polar surface area (TPSA) is 72.3 Å². The lowest BCUT2D eigenvalue weighted by Gasteiger charge is -2.04. The molecule has 1 aromatic carbocycles. The Balaban J connectivity index is 0.00000154. The molecule has 0 aliphatic carbocycles. The fraction of sp³-hybridized carbons (Fsp3) is 0.625. The standard InChI is InChI=1S/C16H26O.H4N2/c1-2-3-4-5-6-7-8-9-12-15-13-10-11-14-16(15)17;1-2/h10-11,13-14,17H,2-9,12H2,1H3;1-2H2. The summed E-state index contributed by atoms with van der Waals surface area (Å²) >= 11 is 0. The second-order valence-electron chi connectivity index (χ2n) is 4.85. The Morgan fingerprint density at radius 1 is 0.842 bits per heavy atom. The number of aryl methyl sites for hydroxylation is 1. The van der Waals surface area contributed by atoms with Crippen LogP contribution >= 0.6 is 0 Å². The maximum atomic E-state index is 9.61. The molecule has 0 amide bonds. The first-order valence-electron chi connectivity index (χ1n) is 7.44. The Labute approximate surface area is 118 Å². The lowest BCUT2D eigenvalue weighted by atomic mass is 10.0. The lowest BCUT2D eigenvalue weighted by molar-refractivity contribution is 0.466. The normalized spacial score (nSPS) is 9.84. The molecule has 5 N–H and O–H groups in total. The van der Waals surface area contributed by atoms with Gasteiger partial charge in [-0.3, -0.25) is 11.7 Å². The number of phenols is 1. The summed E-state index contributed by atoms with van der Waals surface area (Å²) in [5.41, 5.74) is 1.10. The van der Waals surface area contributed by atoms with E-state index in [-0.39, 0.29) is 0 Å². The van der Waals surface area contributed by atoms with Crippen molar-refractivity contribution in [2.24, 2.45) is 11.7 Å². The molecule has 0 bridgehead atoms. The zero-order chi connectivity index (χ0) is 14.3. The quantitative estimate of drug-likeness (QED) is 0.360. The number of hydrogen-bond acceptors (Lipinski definition) is 3. The highest BCUT2D eigenvalue weighted by atomic mass is 16.3. The van der Waals surface area contributed by atoms with Gasteiger partial charge < -0.3 is 5.11 Å². The van der Waals surface area contributed by atoms with Gasteiger partial charge in [-0.25, -0.2) is 0 Å². The molecule has 0 unspecified atom stereocenters. The van der Waals surface area contributed by atoms with Crippen molar-refractivity contribution in [2.75, 3.05) is 0 Å². The zero-order valence-electron chi connectivity index (χ0n) is 12.3. The first-order chi connectivity index (χ1) is 9.34. The van der Waals surface area contributed by atoms with Crippen LogP contribution in [0.1, 0.15) is 63.9 Å². The van der Waals surface area contributed by atoms with E-state index in [1.165, 1.54) is 51.4 Å². The summed E-state index contributed by atoms with van der Waals surface area (Å²) in [6, 6.07) is 7.68. The van der Waals surface area contributed by atoms with Gasteiger partial charge in [0.25, 0.3) is 0 Å². The molecule has 0 saturated carbocycles. The van der Waals surface area contributed by atoms with Crippen molar-refractivity contribution in [1.29, 1.82) is 0 Å². The Morgan fingerprint density at radius 3 is 1.95 bits per heavy atom. The Morgan fingerprint density at radius 2 is 1.37 bits per heavy atom. The van der Waals surface area contributed by atoms with Crippen molar-refractivity contribution in [3.63, 3.8) is 0 Å². The molecule has 3 nitrogen and oxygen atoms in total. The third-order valence-corrected chi connectivity index (χ3v) is 3.29. The van der Waals surface area contributed by atoms with E-state index in [2.05, 4.69) is 18.6 Å². The lowest BCUT2D eigenvalue weighted by Crippen LogP contribution is -2.02. The number of hydrogen-bond donors (Lipinski definition) is 3. The molecule has 110 valence electrons. The van der Waals surface area contributed by atoms with Gasteiger partial charge in [0.2, 0.25) is 0 Å². The summed E-state index contributed by atoms with van der Waals surface area (Å²) in [5, 5.41) is 9.61. The Kier molecular flexibility index (Phi) is 12.6. The molecule has 0 aliphatic rings. The van der Waals surface area contributed by atoms with Crippen molar-refractivity contribution < 1.29 is 5.11 Å². The van der Waals surface area contributed by atoms with Gasteiger partial charge in [-0.1, -0.05) is 70.1 Å². The number of nitrogens with two attached hydrogens (primary N) is 2. The summed E-state index contributed by atoms with van der Waals surface area (Å²) < 4.78 is 0. The van der Waals surface area contributed by atoms with E-state index in [4.69, 9.17) is 0 Å². The summed E-state index contributed by atoms with van der Waals surface area (Å²) in [5.74, 6) is 8.45. The summed E-state index contributed by atoms with van der Waals surface area (Å²) in [6.45, 7) is 2.26. The van der Waals surface area contributed by atoms with Gasteiger partial charge >= 0.3 is 0 Å². The summed E-state index contributed by atoms with van der Waals surface area (Å²) in [4.78, 5) is 0. The molecule has 0 atom stereocenters. The van der Waals surface area contributed by atoms with Crippen molar-refractivity contribution in [3.8, 4) is 5.75 Å². The van der Waals surface area contributed by atoms with Gasteiger partial charge in [-0.15, -0.1) is 0 Å². The van der Waals surface area contributed by atoms with Crippen LogP contribution in [0.15, 0.2) is 24.3 Å². The minimum atomic E-state index is 0.454. The van der Waals surface area contributed by atoms with E-state index >= 15 is 0 Å². The minimum Gasteiger partial charge on any atom is -0.508 e. The molecule has 19 heavy (non-hydrogen) atoms. The first-order valence-corrected chi connectivity index (χ1v) is 7.44. The third-order valence-electron chi connectivity index (χ3n) is 3.29. The fourth-order valence-corrected chi connectivity index (χ4v) is 2.17. The predicted molar refractivity (Wildman–Crippen MR) is 82.8 cm³/mol. The average molecular weight is 266 g/mol. The number of rotatable bonds is 9. The van der Waals surface area contributed by atoms with E-state index in [1.54, 1.807) is 6.07 Å². The second-order valence-corrected chi connectivity index (χ2v) is 4.85. The molecule has 0 radical (unpaired) electrons. The minimum absolute atomic E-state index is 0.454. The summed E-state index contributed by atoms with van der Waals surface area (Å²) in [6.07, 6.45) is 11.7. The van der Waals surface area contributed by atoms with Crippen molar-refractivity contribution >= 4 is 0 Å². The highest BCUT2D eigenvalue weighted by Crippen LogP contribution is 2.18. The third kappa shape index (κ3) is 9.51. The molecule has 0 fully saturated rings. The van der Waals surface area contributed by atoms with Gasteiger partial charge in [0.15, 0.2) is 0 Å². The van der Waals surface area contributed by atoms with Gasteiger partial charge in [0.05, 0.1) is 0 Å². The maximum Gasteiger partial charge on any atom is 0.118 e. The number of phenolic OH excluding ortho intramolecular Hbond substituents is 1. The molecular formula is C16H30N2O. The number of para-hydroxylation sites is 1. The molecule has 0 aromatic heterocycles. The molecular weight excluding hydrogens is 236 g/mol. The molecule has 0 saturated heterocycles. The highest BCUT2D eigenvalue weighted by Gasteiger charge is 1.98. The van der Waals surface area contributed by atoms with Crippen LogP contribution in [0.5, 0.6) is 5.75 Å². The van der Waals surface area contributed by atoms with Gasteiger partial charge in [0.1, 0.15) is 5.75 Å². The Bertz CT molecular complexity index is 303. The van der Waals surface area contributed by atoms with Crippen LogP contribution in [0.4, 0.5) is 0 Å². The first kappa shape index (κ1) is 17.9. The predicted octanol–water partition coefficient (Wildman–Crippen LogP) is 3.89. The van der Waals surface area contributed by atoms with Gasteiger partial charge in [0, 0.05) is 0 Å². The number of unbranched alkanes of at least 4 members (excludes halogenated alkanes) is 7. The van der Waals surface area contributed by atoms with E-state index < -0.39 is 0 Å². The van der Waals surface area contributed by atoms with Crippen LogP contribution < -0.4 is 11.7 Å². The molecule has 0 heterocycles. The van der Waals surface area contributed by atoms with Crippen molar-refractivity contribution in [3.05, 3.63) is 29.8 Å². The average Bonchev–Trinajstić information content (AvgIpc) is 2.46. The molecule has 3 heteroatoms. The van der Waals surface area contributed by atoms with Crippen LogP contribution in [0.25, 0.3) is 0 Å². The van der Waals surface area contributed by atoms with Gasteiger partial charge in [-0.2, -0.15) is 0 Å². The molecule has 0 spiro atoms. The van der Waals surface area contributed by atoms with Crippen LogP contribution in [0, 0.1) is 0 Å². The zero-order valence-corrected chi connectivity index (χ0v) is 12.3.